The lowest BCUT2D eigenvalue weighted by Gasteiger charge is -2.36. The molecule has 1 aromatic carbocycles. The lowest BCUT2D eigenvalue weighted by atomic mass is 10.2. The molecule has 0 aromatic heterocycles. The summed E-state index contributed by atoms with van der Waals surface area (Å²) in [6.45, 7) is 3.32. The maximum Gasteiger partial charge on any atom is 0.295 e. The van der Waals surface area contributed by atoms with E-state index in [9.17, 15) is 9.90 Å². The van der Waals surface area contributed by atoms with Crippen LogP contribution in [0, 0.1) is 0 Å². The van der Waals surface area contributed by atoms with Crippen molar-refractivity contribution >= 4 is 29.4 Å². The molecule has 1 aliphatic heterocycles. The van der Waals surface area contributed by atoms with E-state index in [2.05, 4.69) is 22.1 Å². The van der Waals surface area contributed by atoms with E-state index in [4.69, 9.17) is 10.5 Å². The van der Waals surface area contributed by atoms with Crippen LogP contribution >= 0.6 is 11.6 Å². The van der Waals surface area contributed by atoms with Gasteiger partial charge in [0.2, 0.25) is 0 Å². The van der Waals surface area contributed by atoms with Crippen LogP contribution in [-0.4, -0.2) is 68.0 Å². The number of carbonyl (C=O) groups is 1. The zero-order chi connectivity index (χ0) is 17.3. The van der Waals surface area contributed by atoms with Gasteiger partial charge in [0, 0.05) is 17.6 Å². The van der Waals surface area contributed by atoms with Crippen LogP contribution in [-0.2, 0) is 9.53 Å². The summed E-state index contributed by atoms with van der Waals surface area (Å²) in [5, 5.41) is 13.5. The SMILES string of the molecule is CCl.C[N+]1(CC(=O)N/N=C/c2cc(N)ccc2O)CCOCC1. The first-order valence-corrected chi connectivity index (χ1v) is 7.94. The lowest BCUT2D eigenvalue weighted by Crippen LogP contribution is -2.55. The molecular weight excluding hydrogens is 320 g/mol. The topological polar surface area (TPSA) is 96.9 Å². The molecule has 1 heterocycles. The molecular formula is C15H24ClN4O3+. The van der Waals surface area contributed by atoms with Crippen molar-refractivity contribution in [2.24, 2.45) is 5.10 Å². The van der Waals surface area contributed by atoms with E-state index >= 15 is 0 Å². The maximum atomic E-state index is 11.9. The number of nitrogen functional groups attached to an aromatic ring is 1. The highest BCUT2D eigenvalue weighted by molar-refractivity contribution is 6.15. The number of phenols is 1. The number of hydrogen-bond acceptors (Lipinski definition) is 5. The molecule has 4 N–H and O–H groups in total. The predicted octanol–water partition coefficient (Wildman–Crippen LogP) is 0.756. The van der Waals surface area contributed by atoms with E-state index in [1.807, 2.05) is 7.05 Å². The summed E-state index contributed by atoms with van der Waals surface area (Å²) < 4.78 is 5.94. The molecule has 1 amide bonds. The molecule has 0 spiro atoms. The van der Waals surface area contributed by atoms with Gasteiger partial charge in [-0.3, -0.25) is 4.79 Å². The van der Waals surface area contributed by atoms with Crippen molar-refractivity contribution in [3.8, 4) is 5.75 Å². The van der Waals surface area contributed by atoms with Gasteiger partial charge in [-0.05, 0) is 18.2 Å². The number of anilines is 1. The molecule has 1 fully saturated rings. The van der Waals surface area contributed by atoms with Crippen LogP contribution in [0.5, 0.6) is 5.75 Å². The molecule has 0 unspecified atom stereocenters. The van der Waals surface area contributed by atoms with Gasteiger partial charge in [0.1, 0.15) is 18.8 Å². The van der Waals surface area contributed by atoms with Gasteiger partial charge in [-0.15, -0.1) is 11.6 Å². The summed E-state index contributed by atoms with van der Waals surface area (Å²) in [5.74, 6) is -0.103. The van der Waals surface area contributed by atoms with Gasteiger partial charge < -0.3 is 20.1 Å². The van der Waals surface area contributed by atoms with Gasteiger partial charge in [-0.1, -0.05) is 0 Å². The number of nitrogens with one attached hydrogen (secondary N) is 1. The number of aromatic hydroxyl groups is 1. The minimum Gasteiger partial charge on any atom is -0.507 e. The monoisotopic (exact) mass is 343 g/mol. The first kappa shape index (κ1) is 19.2. The quantitative estimate of drug-likeness (QED) is 0.188. The Labute approximate surface area is 141 Å². The van der Waals surface area contributed by atoms with Gasteiger partial charge in [-0.25, -0.2) is 5.43 Å². The van der Waals surface area contributed by atoms with E-state index in [1.165, 1.54) is 18.7 Å². The number of morpholine rings is 1. The third-order valence-electron chi connectivity index (χ3n) is 3.52. The number of quaternary nitrogens is 1. The summed E-state index contributed by atoms with van der Waals surface area (Å²) >= 11 is 4.64. The molecule has 1 aliphatic rings. The molecule has 128 valence electrons. The molecule has 0 saturated carbocycles. The highest BCUT2D eigenvalue weighted by Crippen LogP contribution is 2.17. The van der Waals surface area contributed by atoms with Crippen molar-refractivity contribution in [1.82, 2.24) is 5.43 Å². The molecule has 0 bridgehead atoms. The van der Waals surface area contributed by atoms with Crippen molar-refractivity contribution in [3.05, 3.63) is 23.8 Å². The fourth-order valence-corrected chi connectivity index (χ4v) is 2.17. The van der Waals surface area contributed by atoms with Crippen molar-refractivity contribution in [1.29, 1.82) is 0 Å². The minimum atomic E-state index is -0.168. The number of phenolic OH excluding ortho intramolecular Hbond substituents is 1. The molecule has 0 aliphatic carbocycles. The molecule has 0 radical (unpaired) electrons. The third kappa shape index (κ3) is 6.43. The molecule has 8 heteroatoms. The Morgan fingerprint density at radius 2 is 2.13 bits per heavy atom. The average molecular weight is 344 g/mol. The number of halogens is 1. The van der Waals surface area contributed by atoms with Gasteiger partial charge in [-0.2, -0.15) is 5.10 Å². The largest absolute Gasteiger partial charge is 0.507 e. The zero-order valence-corrected chi connectivity index (χ0v) is 14.2. The van der Waals surface area contributed by atoms with Gasteiger partial charge in [0.15, 0.2) is 6.54 Å². The molecule has 1 aromatic rings. The number of nitrogens with two attached hydrogens (primary N) is 1. The normalized spacial score (nSPS) is 16.5. The summed E-state index contributed by atoms with van der Waals surface area (Å²) in [6.07, 6.45) is 2.85. The summed E-state index contributed by atoms with van der Waals surface area (Å²) in [7, 11) is 2.02. The van der Waals surface area contributed by atoms with Crippen LogP contribution in [0.3, 0.4) is 0 Å². The molecule has 23 heavy (non-hydrogen) atoms. The van der Waals surface area contributed by atoms with Gasteiger partial charge >= 0.3 is 0 Å². The van der Waals surface area contributed by atoms with Crippen LogP contribution in [0.15, 0.2) is 23.3 Å². The van der Waals surface area contributed by atoms with Crippen molar-refractivity contribution in [2.75, 3.05) is 52.0 Å². The molecule has 0 atom stereocenters. The van der Waals surface area contributed by atoms with Crippen LogP contribution < -0.4 is 11.2 Å². The summed E-state index contributed by atoms with van der Waals surface area (Å²) in [4.78, 5) is 11.9. The van der Waals surface area contributed by atoms with E-state index in [0.717, 1.165) is 13.1 Å². The zero-order valence-electron chi connectivity index (χ0n) is 13.5. The highest BCUT2D eigenvalue weighted by Gasteiger charge is 2.27. The minimum absolute atomic E-state index is 0.0642. The van der Waals surface area contributed by atoms with Crippen molar-refractivity contribution in [2.45, 2.75) is 0 Å². The third-order valence-corrected chi connectivity index (χ3v) is 3.52. The van der Waals surface area contributed by atoms with E-state index < -0.39 is 0 Å². The standard InChI is InChI=1S/C14H20N4O3.CH3Cl/c1-18(4-6-21-7-5-18)10-14(20)17-16-9-11-8-12(15)2-3-13(11)19;1-2/h2-3,8-9H,4-7,10,15H2,1H3,(H-,16,17,19,20);1H3/p+1. The number of nitrogens with zero attached hydrogens (tertiary/aromatic N) is 2. The van der Waals surface area contributed by atoms with Crippen molar-refractivity contribution in [3.63, 3.8) is 0 Å². The van der Waals surface area contributed by atoms with Crippen molar-refractivity contribution < 1.29 is 19.1 Å². The van der Waals surface area contributed by atoms with Crippen LogP contribution in [0.4, 0.5) is 5.69 Å². The molecule has 1 saturated heterocycles. The smallest absolute Gasteiger partial charge is 0.295 e. The van der Waals surface area contributed by atoms with E-state index in [0.29, 0.717) is 35.5 Å². The molecule has 7 nitrogen and oxygen atoms in total. The number of amides is 1. The number of hydrazone groups is 1. The Balaban J connectivity index is 0.00000127. The average Bonchev–Trinajstić information content (AvgIpc) is 2.53. The number of rotatable bonds is 4. The summed E-state index contributed by atoms with van der Waals surface area (Å²) in [5.41, 5.74) is 9.08. The van der Waals surface area contributed by atoms with Crippen LogP contribution in [0.25, 0.3) is 0 Å². The van der Waals surface area contributed by atoms with Gasteiger partial charge in [0.25, 0.3) is 5.91 Å². The number of benzene rings is 1. The fourth-order valence-electron chi connectivity index (χ4n) is 2.17. The Morgan fingerprint density at radius 3 is 2.78 bits per heavy atom. The van der Waals surface area contributed by atoms with E-state index in [1.54, 1.807) is 12.1 Å². The number of alkyl halides is 1. The Morgan fingerprint density at radius 1 is 1.48 bits per heavy atom. The van der Waals surface area contributed by atoms with Crippen LogP contribution in [0.2, 0.25) is 0 Å². The predicted molar refractivity (Wildman–Crippen MR) is 91.6 cm³/mol. The first-order chi connectivity index (χ1) is 11.0. The number of ether oxygens (including phenoxy) is 1. The second-order valence-electron chi connectivity index (χ2n) is 5.45. The second-order valence-corrected chi connectivity index (χ2v) is 5.45. The van der Waals surface area contributed by atoms with Gasteiger partial charge in [0.05, 0.1) is 26.5 Å². The summed E-state index contributed by atoms with van der Waals surface area (Å²) in [6, 6.07) is 4.66. The molecule has 2 rings (SSSR count). The number of likely N-dealkylation sites (N-methyl/N-ethyl adjacent to an activating group) is 1. The van der Waals surface area contributed by atoms with E-state index in [-0.39, 0.29) is 11.7 Å². The number of hydrogen-bond donors (Lipinski definition) is 3. The first-order valence-electron chi connectivity index (χ1n) is 7.18. The Hall–Kier alpha value is -1.83. The lowest BCUT2D eigenvalue weighted by molar-refractivity contribution is -0.909. The Kier molecular flexibility index (Phi) is 7.80. The fraction of sp³-hybridized carbons (Fsp3) is 0.467. The maximum absolute atomic E-state index is 11.9. The van der Waals surface area contributed by atoms with Crippen LogP contribution in [0.1, 0.15) is 5.56 Å². The second kappa shape index (κ2) is 9.34. The Bertz CT molecular complexity index is 546. The number of carbonyl (C=O) groups excluding carboxylic acids is 1. The highest BCUT2D eigenvalue weighted by atomic mass is 35.5.